The minimum Gasteiger partial charge on any atom is -0.344 e. The molecule has 0 aliphatic heterocycles. The second-order valence-corrected chi connectivity index (χ2v) is 6.25. The number of hydrogen-bond donors (Lipinski definition) is 1. The van der Waals surface area contributed by atoms with Crippen LogP contribution in [0.2, 0.25) is 0 Å². The Labute approximate surface area is 107 Å². The minimum absolute atomic E-state index is 0.0807. The van der Waals surface area contributed by atoms with E-state index in [9.17, 15) is 4.79 Å². The topological polar surface area (TPSA) is 54.9 Å². The van der Waals surface area contributed by atoms with Crippen molar-refractivity contribution in [3.05, 3.63) is 0 Å². The number of hydrogen-bond acceptors (Lipinski definition) is 6. The Morgan fingerprint density at radius 3 is 2.81 bits per heavy atom. The van der Waals surface area contributed by atoms with Crippen molar-refractivity contribution in [1.82, 2.24) is 15.5 Å². The largest absolute Gasteiger partial charge is 0.344 e. The van der Waals surface area contributed by atoms with Crippen molar-refractivity contribution in [3.8, 4) is 12.3 Å². The van der Waals surface area contributed by atoms with Crippen LogP contribution < -0.4 is 5.32 Å². The van der Waals surface area contributed by atoms with Gasteiger partial charge in [0.1, 0.15) is 0 Å². The molecule has 0 aromatic carbocycles. The lowest BCUT2D eigenvalue weighted by Crippen LogP contribution is -2.25. The lowest BCUT2D eigenvalue weighted by Gasteiger charge is -1.97. The third kappa shape index (κ3) is 4.88. The first-order valence-electron chi connectivity index (χ1n) is 4.55. The van der Waals surface area contributed by atoms with Crippen LogP contribution in [-0.2, 0) is 4.79 Å². The molecule has 0 bridgehead atoms. The van der Waals surface area contributed by atoms with Crippen LogP contribution in [0.1, 0.15) is 6.92 Å². The van der Waals surface area contributed by atoms with Gasteiger partial charge in [-0.05, 0) is 5.75 Å². The van der Waals surface area contributed by atoms with Crippen molar-refractivity contribution in [1.29, 1.82) is 0 Å². The van der Waals surface area contributed by atoms with Gasteiger partial charge >= 0.3 is 0 Å². The van der Waals surface area contributed by atoms with Crippen LogP contribution in [-0.4, -0.2) is 34.2 Å². The highest BCUT2D eigenvalue weighted by Gasteiger charge is 2.07. The summed E-state index contributed by atoms with van der Waals surface area (Å²) in [6, 6.07) is 0. The van der Waals surface area contributed by atoms with E-state index in [0.717, 1.165) is 14.4 Å². The molecule has 4 nitrogen and oxygen atoms in total. The van der Waals surface area contributed by atoms with Crippen LogP contribution in [0.25, 0.3) is 0 Å². The Morgan fingerprint density at radius 2 is 2.19 bits per heavy atom. The van der Waals surface area contributed by atoms with Crippen molar-refractivity contribution in [2.45, 2.75) is 15.6 Å². The van der Waals surface area contributed by atoms with Crippen molar-refractivity contribution in [2.75, 3.05) is 18.1 Å². The van der Waals surface area contributed by atoms with E-state index in [1.165, 1.54) is 23.1 Å². The summed E-state index contributed by atoms with van der Waals surface area (Å²) >= 11 is 4.53. The quantitative estimate of drug-likeness (QED) is 0.628. The highest BCUT2D eigenvalue weighted by Crippen LogP contribution is 2.28. The van der Waals surface area contributed by atoms with Crippen molar-refractivity contribution < 1.29 is 4.79 Å². The van der Waals surface area contributed by atoms with Crippen molar-refractivity contribution >= 4 is 40.8 Å². The fourth-order valence-electron chi connectivity index (χ4n) is 0.765. The zero-order valence-corrected chi connectivity index (χ0v) is 11.2. The van der Waals surface area contributed by atoms with Gasteiger partial charge in [-0.15, -0.1) is 16.6 Å². The molecule has 0 saturated carbocycles. The molecule has 0 spiro atoms. The van der Waals surface area contributed by atoms with Gasteiger partial charge in [-0.3, -0.25) is 4.79 Å². The molecule has 0 fully saturated rings. The average molecular weight is 273 g/mol. The Hall–Kier alpha value is -0.710. The third-order valence-corrected chi connectivity index (χ3v) is 4.44. The van der Waals surface area contributed by atoms with E-state index in [-0.39, 0.29) is 12.5 Å². The highest BCUT2D eigenvalue weighted by atomic mass is 32.2. The molecule has 1 rings (SSSR count). The van der Waals surface area contributed by atoms with E-state index in [4.69, 9.17) is 6.42 Å². The van der Waals surface area contributed by atoms with E-state index < -0.39 is 0 Å². The number of aromatic nitrogens is 2. The molecular formula is C9H11N3OS3. The number of carbonyl (C=O) groups is 1. The smallest absolute Gasteiger partial charge is 0.231 e. The maximum absolute atomic E-state index is 11.2. The van der Waals surface area contributed by atoms with Gasteiger partial charge < -0.3 is 5.32 Å². The molecule has 16 heavy (non-hydrogen) atoms. The summed E-state index contributed by atoms with van der Waals surface area (Å²) in [5, 5.41) is 10.6. The van der Waals surface area contributed by atoms with Gasteiger partial charge in [-0.2, -0.15) is 0 Å². The van der Waals surface area contributed by atoms with Crippen LogP contribution in [0, 0.1) is 12.3 Å². The maximum atomic E-state index is 11.2. The maximum Gasteiger partial charge on any atom is 0.231 e. The molecule has 1 N–H and O–H groups in total. The van der Waals surface area contributed by atoms with Gasteiger partial charge in [-0.25, -0.2) is 0 Å². The second kappa shape index (κ2) is 7.54. The molecule has 1 amide bonds. The van der Waals surface area contributed by atoms with Gasteiger partial charge in [0, 0.05) is 0 Å². The molecular weight excluding hydrogens is 262 g/mol. The van der Waals surface area contributed by atoms with Crippen LogP contribution in [0.4, 0.5) is 0 Å². The summed E-state index contributed by atoms with van der Waals surface area (Å²) in [7, 11) is 0. The first-order chi connectivity index (χ1) is 7.76. The molecule has 1 aromatic heterocycles. The predicted molar refractivity (Wildman–Crippen MR) is 68.9 cm³/mol. The predicted octanol–water partition coefficient (Wildman–Crippen LogP) is 1.49. The monoisotopic (exact) mass is 273 g/mol. The minimum atomic E-state index is -0.0807. The van der Waals surface area contributed by atoms with Crippen molar-refractivity contribution in [2.24, 2.45) is 0 Å². The fraction of sp³-hybridized carbons (Fsp3) is 0.444. The first kappa shape index (κ1) is 13.4. The van der Waals surface area contributed by atoms with Crippen LogP contribution >= 0.6 is 34.9 Å². The lowest BCUT2D eigenvalue weighted by molar-refractivity contribution is -0.118. The van der Waals surface area contributed by atoms with Crippen molar-refractivity contribution in [3.63, 3.8) is 0 Å². The summed E-state index contributed by atoms with van der Waals surface area (Å²) in [5.41, 5.74) is 0. The highest BCUT2D eigenvalue weighted by molar-refractivity contribution is 8.03. The molecule has 0 aliphatic carbocycles. The van der Waals surface area contributed by atoms with Gasteiger partial charge in [0.15, 0.2) is 8.68 Å². The summed E-state index contributed by atoms with van der Waals surface area (Å²) < 4.78 is 1.75. The SMILES string of the molecule is C#CCNC(=O)CSc1nnc(SCC)s1. The van der Waals surface area contributed by atoms with Gasteiger partial charge in [0.2, 0.25) is 5.91 Å². The average Bonchev–Trinajstić information content (AvgIpc) is 2.72. The molecule has 0 radical (unpaired) electrons. The summed E-state index contributed by atoms with van der Waals surface area (Å²) in [5.74, 6) is 3.57. The number of rotatable bonds is 6. The van der Waals surface area contributed by atoms with E-state index in [0.29, 0.717) is 5.75 Å². The standard InChI is InChI=1S/C9H11N3OS3/c1-3-5-10-7(13)6-15-9-12-11-8(16-9)14-4-2/h1H,4-6H2,2H3,(H,10,13). The van der Waals surface area contributed by atoms with E-state index in [1.807, 2.05) is 0 Å². The number of terminal acetylenes is 1. The molecule has 1 heterocycles. The molecule has 0 unspecified atom stereocenters. The molecule has 0 atom stereocenters. The number of nitrogens with zero attached hydrogens (tertiary/aromatic N) is 2. The van der Waals surface area contributed by atoms with Crippen LogP contribution in [0.3, 0.4) is 0 Å². The molecule has 0 saturated heterocycles. The first-order valence-corrected chi connectivity index (χ1v) is 7.34. The van der Waals surface area contributed by atoms with E-state index in [1.54, 1.807) is 11.8 Å². The zero-order valence-electron chi connectivity index (χ0n) is 8.73. The Balaban J connectivity index is 2.31. The molecule has 7 heteroatoms. The molecule has 1 aromatic rings. The number of thioether (sulfide) groups is 2. The van der Waals surface area contributed by atoms with E-state index >= 15 is 0 Å². The van der Waals surface area contributed by atoms with Gasteiger partial charge in [-0.1, -0.05) is 47.7 Å². The number of nitrogens with one attached hydrogen (secondary N) is 1. The fourth-order valence-corrected chi connectivity index (χ4v) is 3.51. The summed E-state index contributed by atoms with van der Waals surface area (Å²) in [4.78, 5) is 11.2. The Morgan fingerprint density at radius 1 is 1.50 bits per heavy atom. The lowest BCUT2D eigenvalue weighted by atomic mass is 10.6. The van der Waals surface area contributed by atoms with E-state index in [2.05, 4.69) is 28.4 Å². The number of amides is 1. The third-order valence-electron chi connectivity index (χ3n) is 1.37. The normalized spacial score (nSPS) is 9.75. The van der Waals surface area contributed by atoms with Gasteiger partial charge in [0.25, 0.3) is 0 Å². The van der Waals surface area contributed by atoms with Crippen LogP contribution in [0.15, 0.2) is 8.68 Å². The Kier molecular flexibility index (Phi) is 6.30. The van der Waals surface area contributed by atoms with Crippen LogP contribution in [0.5, 0.6) is 0 Å². The summed E-state index contributed by atoms with van der Waals surface area (Å²) in [6.07, 6.45) is 5.03. The zero-order chi connectivity index (χ0) is 11.8. The number of carbonyl (C=O) groups excluding carboxylic acids is 1. The molecule has 86 valence electrons. The summed E-state index contributed by atoms with van der Waals surface area (Å²) in [6.45, 7) is 2.33. The second-order valence-electron chi connectivity index (χ2n) is 2.54. The molecule has 0 aliphatic rings. The Bertz CT molecular complexity index is 386. The van der Waals surface area contributed by atoms with Gasteiger partial charge in [0.05, 0.1) is 12.3 Å².